The predicted molar refractivity (Wildman–Crippen MR) is 47.0 cm³/mol. The SMILES string of the molecule is CN(C)CC(O)Cc1ccoc1. The van der Waals surface area contributed by atoms with Gasteiger partial charge in [-0.2, -0.15) is 0 Å². The Morgan fingerprint density at radius 2 is 2.33 bits per heavy atom. The molecule has 1 aromatic rings. The molecule has 0 bridgehead atoms. The summed E-state index contributed by atoms with van der Waals surface area (Å²) in [5.41, 5.74) is 1.05. The van der Waals surface area contributed by atoms with Crippen molar-refractivity contribution < 1.29 is 9.52 Å². The quantitative estimate of drug-likeness (QED) is 0.722. The van der Waals surface area contributed by atoms with Gasteiger partial charge < -0.3 is 14.4 Å². The standard InChI is InChI=1S/C9H15NO2/c1-10(2)6-9(11)5-8-3-4-12-7-8/h3-4,7,9,11H,5-6H2,1-2H3. The summed E-state index contributed by atoms with van der Waals surface area (Å²) in [5, 5.41) is 9.51. The number of nitrogens with zero attached hydrogens (tertiary/aromatic N) is 1. The summed E-state index contributed by atoms with van der Waals surface area (Å²) in [6.45, 7) is 0.686. The van der Waals surface area contributed by atoms with E-state index in [1.807, 2.05) is 25.1 Å². The van der Waals surface area contributed by atoms with Gasteiger partial charge >= 0.3 is 0 Å². The highest BCUT2D eigenvalue weighted by atomic mass is 16.3. The normalized spacial score (nSPS) is 13.7. The second kappa shape index (κ2) is 4.28. The predicted octanol–water partition coefficient (Wildman–Crippen LogP) is 0.745. The highest BCUT2D eigenvalue weighted by Gasteiger charge is 2.06. The van der Waals surface area contributed by atoms with Crippen molar-refractivity contribution in [1.82, 2.24) is 4.90 Å². The second-order valence-corrected chi connectivity index (χ2v) is 3.25. The Bertz CT molecular complexity index is 206. The van der Waals surface area contributed by atoms with Crippen molar-refractivity contribution in [2.45, 2.75) is 12.5 Å². The van der Waals surface area contributed by atoms with Gasteiger partial charge in [-0.1, -0.05) is 0 Å². The lowest BCUT2D eigenvalue weighted by Crippen LogP contribution is -2.27. The van der Waals surface area contributed by atoms with Crippen LogP contribution in [-0.4, -0.2) is 36.8 Å². The first kappa shape index (κ1) is 9.29. The van der Waals surface area contributed by atoms with Crippen molar-refractivity contribution in [1.29, 1.82) is 0 Å². The minimum absolute atomic E-state index is 0.308. The van der Waals surface area contributed by atoms with Crippen LogP contribution >= 0.6 is 0 Å². The van der Waals surface area contributed by atoms with Crippen molar-refractivity contribution >= 4 is 0 Å². The fourth-order valence-corrected chi connectivity index (χ4v) is 1.17. The molecule has 1 atom stereocenters. The fraction of sp³-hybridized carbons (Fsp3) is 0.556. The van der Waals surface area contributed by atoms with Crippen LogP contribution in [0.25, 0.3) is 0 Å². The number of aliphatic hydroxyl groups is 1. The van der Waals surface area contributed by atoms with E-state index in [-0.39, 0.29) is 6.10 Å². The van der Waals surface area contributed by atoms with Crippen LogP contribution in [0, 0.1) is 0 Å². The van der Waals surface area contributed by atoms with Crippen LogP contribution in [0.4, 0.5) is 0 Å². The van der Waals surface area contributed by atoms with Crippen molar-refractivity contribution in [2.75, 3.05) is 20.6 Å². The summed E-state index contributed by atoms with van der Waals surface area (Å²) >= 11 is 0. The number of hydrogen-bond acceptors (Lipinski definition) is 3. The van der Waals surface area contributed by atoms with Gasteiger partial charge in [0.05, 0.1) is 18.6 Å². The zero-order chi connectivity index (χ0) is 8.97. The molecule has 3 heteroatoms. The maximum Gasteiger partial charge on any atom is 0.0935 e. The van der Waals surface area contributed by atoms with E-state index in [0.717, 1.165) is 5.56 Å². The summed E-state index contributed by atoms with van der Waals surface area (Å²) in [7, 11) is 3.89. The van der Waals surface area contributed by atoms with Crippen LogP contribution in [0.3, 0.4) is 0 Å². The fourth-order valence-electron chi connectivity index (χ4n) is 1.17. The Morgan fingerprint density at radius 1 is 1.58 bits per heavy atom. The van der Waals surface area contributed by atoms with E-state index in [1.165, 1.54) is 0 Å². The van der Waals surface area contributed by atoms with Gasteiger partial charge in [0.15, 0.2) is 0 Å². The van der Waals surface area contributed by atoms with Gasteiger partial charge in [-0.3, -0.25) is 0 Å². The smallest absolute Gasteiger partial charge is 0.0935 e. The molecule has 3 nitrogen and oxygen atoms in total. The van der Waals surface area contributed by atoms with E-state index in [2.05, 4.69) is 0 Å². The molecule has 1 heterocycles. The van der Waals surface area contributed by atoms with E-state index in [1.54, 1.807) is 12.5 Å². The average molecular weight is 169 g/mol. The molecule has 0 aromatic carbocycles. The molecule has 1 N–H and O–H groups in total. The minimum Gasteiger partial charge on any atom is -0.472 e. The molecule has 1 aromatic heterocycles. The second-order valence-electron chi connectivity index (χ2n) is 3.25. The summed E-state index contributed by atoms with van der Waals surface area (Å²) in [5.74, 6) is 0. The zero-order valence-electron chi connectivity index (χ0n) is 7.53. The van der Waals surface area contributed by atoms with Crippen LogP contribution in [0.1, 0.15) is 5.56 Å². The number of hydrogen-bond donors (Lipinski definition) is 1. The third-order valence-electron chi connectivity index (χ3n) is 1.63. The Balaban J connectivity index is 2.32. The number of aliphatic hydroxyl groups excluding tert-OH is 1. The summed E-state index contributed by atoms with van der Waals surface area (Å²) in [6.07, 6.45) is 3.64. The van der Waals surface area contributed by atoms with Gasteiger partial charge in [0, 0.05) is 13.0 Å². The van der Waals surface area contributed by atoms with E-state index < -0.39 is 0 Å². The van der Waals surface area contributed by atoms with Crippen LogP contribution in [0.15, 0.2) is 23.0 Å². The topological polar surface area (TPSA) is 36.6 Å². The summed E-state index contributed by atoms with van der Waals surface area (Å²) in [4.78, 5) is 1.96. The van der Waals surface area contributed by atoms with Crippen molar-refractivity contribution in [3.63, 3.8) is 0 Å². The highest BCUT2D eigenvalue weighted by Crippen LogP contribution is 2.04. The third-order valence-corrected chi connectivity index (χ3v) is 1.63. The molecular formula is C9H15NO2. The lowest BCUT2D eigenvalue weighted by Gasteiger charge is -2.14. The molecule has 0 aliphatic rings. The molecular weight excluding hydrogens is 154 g/mol. The first-order valence-electron chi connectivity index (χ1n) is 4.02. The molecule has 0 aliphatic carbocycles. The minimum atomic E-state index is -0.308. The average Bonchev–Trinajstić information content (AvgIpc) is 2.37. The number of likely N-dealkylation sites (N-methyl/N-ethyl adjacent to an activating group) is 1. The maximum atomic E-state index is 9.51. The van der Waals surface area contributed by atoms with Gasteiger partial charge in [-0.05, 0) is 25.7 Å². The van der Waals surface area contributed by atoms with Gasteiger partial charge in [-0.15, -0.1) is 0 Å². The van der Waals surface area contributed by atoms with Crippen LogP contribution in [0.2, 0.25) is 0 Å². The Kier molecular flexibility index (Phi) is 3.31. The zero-order valence-corrected chi connectivity index (χ0v) is 7.53. The van der Waals surface area contributed by atoms with Crippen molar-refractivity contribution in [2.24, 2.45) is 0 Å². The Hall–Kier alpha value is -0.800. The van der Waals surface area contributed by atoms with Gasteiger partial charge in [0.2, 0.25) is 0 Å². The van der Waals surface area contributed by atoms with Crippen molar-refractivity contribution in [3.8, 4) is 0 Å². The molecule has 0 spiro atoms. The van der Waals surface area contributed by atoms with Gasteiger partial charge in [0.25, 0.3) is 0 Å². The molecule has 0 saturated carbocycles. The van der Waals surface area contributed by atoms with E-state index >= 15 is 0 Å². The van der Waals surface area contributed by atoms with Gasteiger partial charge in [-0.25, -0.2) is 0 Å². The number of rotatable bonds is 4. The molecule has 1 rings (SSSR count). The lowest BCUT2D eigenvalue weighted by atomic mass is 10.1. The largest absolute Gasteiger partial charge is 0.472 e. The van der Waals surface area contributed by atoms with E-state index in [0.29, 0.717) is 13.0 Å². The molecule has 0 fully saturated rings. The van der Waals surface area contributed by atoms with E-state index in [4.69, 9.17) is 4.42 Å². The van der Waals surface area contributed by atoms with Gasteiger partial charge in [0.1, 0.15) is 0 Å². The summed E-state index contributed by atoms with van der Waals surface area (Å²) in [6, 6.07) is 1.87. The van der Waals surface area contributed by atoms with Crippen LogP contribution in [-0.2, 0) is 6.42 Å². The Labute approximate surface area is 72.6 Å². The molecule has 1 unspecified atom stereocenters. The molecule has 68 valence electrons. The first-order chi connectivity index (χ1) is 5.68. The molecule has 0 amide bonds. The molecule has 12 heavy (non-hydrogen) atoms. The molecule has 0 saturated heterocycles. The highest BCUT2D eigenvalue weighted by molar-refractivity contribution is 5.06. The monoisotopic (exact) mass is 169 g/mol. The maximum absolute atomic E-state index is 9.51. The summed E-state index contributed by atoms with van der Waals surface area (Å²) < 4.78 is 4.90. The lowest BCUT2D eigenvalue weighted by molar-refractivity contribution is 0.137. The Morgan fingerprint density at radius 3 is 2.83 bits per heavy atom. The van der Waals surface area contributed by atoms with Crippen LogP contribution < -0.4 is 0 Å². The molecule has 0 radical (unpaired) electrons. The van der Waals surface area contributed by atoms with Crippen molar-refractivity contribution in [3.05, 3.63) is 24.2 Å². The van der Waals surface area contributed by atoms with E-state index in [9.17, 15) is 5.11 Å². The van der Waals surface area contributed by atoms with Crippen LogP contribution in [0.5, 0.6) is 0 Å². The third kappa shape index (κ3) is 3.07. The number of furan rings is 1. The first-order valence-corrected chi connectivity index (χ1v) is 4.02. The molecule has 0 aliphatic heterocycles.